The van der Waals surface area contributed by atoms with E-state index in [1.807, 2.05) is 11.4 Å². The fraction of sp³-hybridized carbons (Fsp3) is 0.273. The lowest BCUT2D eigenvalue weighted by atomic mass is 10.1. The van der Waals surface area contributed by atoms with Crippen LogP contribution < -0.4 is 10.5 Å². The molecule has 0 radical (unpaired) electrons. The molecule has 2 nitrogen and oxygen atoms in total. The molecule has 0 amide bonds. The number of thiophene rings is 2. The highest BCUT2D eigenvalue weighted by Crippen LogP contribution is 2.30. The van der Waals surface area contributed by atoms with E-state index in [0.717, 1.165) is 16.0 Å². The van der Waals surface area contributed by atoms with Gasteiger partial charge in [-0.3, -0.25) is 0 Å². The first kappa shape index (κ1) is 12.1. The molecule has 0 aliphatic carbocycles. The highest BCUT2D eigenvalue weighted by Gasteiger charge is 2.11. The van der Waals surface area contributed by atoms with E-state index < -0.39 is 0 Å². The first-order chi connectivity index (χ1) is 7.69. The van der Waals surface area contributed by atoms with Crippen LogP contribution in [0.4, 0.5) is 0 Å². The quantitative estimate of drug-likeness (QED) is 0.930. The molecule has 0 saturated heterocycles. The Balaban J connectivity index is 2.05. The van der Waals surface area contributed by atoms with Crippen molar-refractivity contribution >= 4 is 38.6 Å². The van der Waals surface area contributed by atoms with Crippen molar-refractivity contribution in [3.05, 3.63) is 37.1 Å². The lowest BCUT2D eigenvalue weighted by molar-refractivity contribution is 0.416. The minimum Gasteiger partial charge on any atom is -0.496 e. The third-order valence-electron chi connectivity index (χ3n) is 2.25. The summed E-state index contributed by atoms with van der Waals surface area (Å²) in [6.45, 7) is 0. The highest BCUT2D eigenvalue weighted by molar-refractivity contribution is 9.11. The van der Waals surface area contributed by atoms with Crippen LogP contribution in [-0.2, 0) is 6.42 Å². The van der Waals surface area contributed by atoms with Gasteiger partial charge in [0.2, 0.25) is 0 Å². The molecule has 2 aromatic rings. The fourth-order valence-electron chi connectivity index (χ4n) is 1.41. The van der Waals surface area contributed by atoms with Gasteiger partial charge in [0.15, 0.2) is 0 Å². The van der Waals surface area contributed by atoms with Crippen LogP contribution in [0.25, 0.3) is 0 Å². The molecule has 0 aliphatic rings. The van der Waals surface area contributed by atoms with Crippen LogP contribution in [-0.4, -0.2) is 7.11 Å². The van der Waals surface area contributed by atoms with E-state index in [0.29, 0.717) is 0 Å². The maximum Gasteiger partial charge on any atom is 0.129 e. The standard InChI is InChI=1S/C11H12BrNOS2/c1-14-7-4-10(15-6-7)9(13)5-8-2-3-11(12)16-8/h2-4,6,9H,5,13H2,1H3. The van der Waals surface area contributed by atoms with Gasteiger partial charge in [0.1, 0.15) is 5.75 Å². The Morgan fingerprint density at radius 1 is 1.50 bits per heavy atom. The molecule has 1 atom stereocenters. The Bertz CT molecular complexity index is 466. The Kier molecular flexibility index (Phi) is 4.02. The minimum absolute atomic E-state index is 0.0550. The van der Waals surface area contributed by atoms with Gasteiger partial charge in [-0.2, -0.15) is 0 Å². The van der Waals surface area contributed by atoms with Crippen molar-refractivity contribution in [3.8, 4) is 5.75 Å². The molecule has 0 spiro atoms. The lowest BCUT2D eigenvalue weighted by Gasteiger charge is -2.06. The molecule has 2 heterocycles. The minimum atomic E-state index is 0.0550. The van der Waals surface area contributed by atoms with Crippen molar-refractivity contribution in [2.75, 3.05) is 7.11 Å². The predicted molar refractivity (Wildman–Crippen MR) is 73.5 cm³/mol. The van der Waals surface area contributed by atoms with E-state index in [1.54, 1.807) is 29.8 Å². The summed E-state index contributed by atoms with van der Waals surface area (Å²) in [5, 5.41) is 1.99. The zero-order valence-corrected chi connectivity index (χ0v) is 12.0. The monoisotopic (exact) mass is 317 g/mol. The summed E-state index contributed by atoms with van der Waals surface area (Å²) >= 11 is 6.84. The predicted octanol–water partition coefficient (Wildman–Crippen LogP) is 3.82. The summed E-state index contributed by atoms with van der Waals surface area (Å²) < 4.78 is 6.30. The molecule has 0 aliphatic heterocycles. The molecule has 86 valence electrons. The Labute approximate surface area is 111 Å². The molecule has 0 fully saturated rings. The van der Waals surface area contributed by atoms with Gasteiger partial charge in [0, 0.05) is 27.6 Å². The van der Waals surface area contributed by atoms with E-state index in [-0.39, 0.29) is 6.04 Å². The van der Waals surface area contributed by atoms with Gasteiger partial charge < -0.3 is 10.5 Å². The van der Waals surface area contributed by atoms with Gasteiger partial charge in [0.25, 0.3) is 0 Å². The zero-order chi connectivity index (χ0) is 11.5. The maximum absolute atomic E-state index is 6.15. The average molecular weight is 318 g/mol. The molecule has 1 unspecified atom stereocenters. The number of methoxy groups -OCH3 is 1. The smallest absolute Gasteiger partial charge is 0.129 e. The van der Waals surface area contributed by atoms with Gasteiger partial charge in [-0.25, -0.2) is 0 Å². The summed E-state index contributed by atoms with van der Waals surface area (Å²) in [5.41, 5.74) is 6.15. The van der Waals surface area contributed by atoms with Gasteiger partial charge in [0.05, 0.1) is 10.9 Å². The zero-order valence-electron chi connectivity index (χ0n) is 8.77. The molecule has 5 heteroatoms. The second-order valence-electron chi connectivity index (χ2n) is 3.41. The number of nitrogens with two attached hydrogens (primary N) is 1. The normalized spacial score (nSPS) is 12.7. The van der Waals surface area contributed by atoms with Crippen LogP contribution in [0.3, 0.4) is 0 Å². The van der Waals surface area contributed by atoms with E-state index >= 15 is 0 Å². The van der Waals surface area contributed by atoms with Crippen molar-refractivity contribution in [2.24, 2.45) is 5.73 Å². The van der Waals surface area contributed by atoms with Crippen LogP contribution in [0.1, 0.15) is 15.8 Å². The van der Waals surface area contributed by atoms with E-state index in [2.05, 4.69) is 28.1 Å². The molecule has 16 heavy (non-hydrogen) atoms. The second-order valence-corrected chi connectivity index (χ2v) is 6.90. The maximum atomic E-state index is 6.15. The summed E-state index contributed by atoms with van der Waals surface area (Å²) in [6.07, 6.45) is 0.875. The molecule has 2 aromatic heterocycles. The average Bonchev–Trinajstić information content (AvgIpc) is 2.87. The SMILES string of the molecule is COc1csc(C(N)Cc2ccc(Br)s2)c1. The van der Waals surface area contributed by atoms with Gasteiger partial charge in [-0.05, 0) is 34.1 Å². The third-order valence-corrected chi connectivity index (χ3v) is 4.94. The second kappa shape index (κ2) is 5.31. The van der Waals surface area contributed by atoms with Gasteiger partial charge in [-0.1, -0.05) is 0 Å². The van der Waals surface area contributed by atoms with Crippen molar-refractivity contribution in [3.63, 3.8) is 0 Å². The molecular weight excluding hydrogens is 306 g/mol. The van der Waals surface area contributed by atoms with Crippen LogP contribution in [0, 0.1) is 0 Å². The van der Waals surface area contributed by atoms with E-state index in [9.17, 15) is 0 Å². The first-order valence-corrected chi connectivity index (χ1v) is 7.30. The van der Waals surface area contributed by atoms with Gasteiger partial charge >= 0.3 is 0 Å². The topological polar surface area (TPSA) is 35.2 Å². The summed E-state index contributed by atoms with van der Waals surface area (Å²) in [7, 11) is 1.67. The number of hydrogen-bond donors (Lipinski definition) is 1. The van der Waals surface area contributed by atoms with Crippen molar-refractivity contribution in [2.45, 2.75) is 12.5 Å². The van der Waals surface area contributed by atoms with Crippen LogP contribution in [0.15, 0.2) is 27.4 Å². The molecule has 0 aromatic carbocycles. The number of halogens is 1. The fourth-order valence-corrected chi connectivity index (χ4v) is 3.81. The summed E-state index contributed by atoms with van der Waals surface area (Å²) in [6, 6.07) is 6.23. The molecular formula is C11H12BrNOS2. The van der Waals surface area contributed by atoms with Gasteiger partial charge in [-0.15, -0.1) is 22.7 Å². The number of rotatable bonds is 4. The molecule has 2 rings (SSSR count). The Hall–Kier alpha value is -0.360. The van der Waals surface area contributed by atoms with Crippen LogP contribution >= 0.6 is 38.6 Å². The van der Waals surface area contributed by atoms with E-state index in [4.69, 9.17) is 10.5 Å². The van der Waals surface area contributed by atoms with Crippen LogP contribution in [0.5, 0.6) is 5.75 Å². The van der Waals surface area contributed by atoms with Crippen molar-refractivity contribution in [1.82, 2.24) is 0 Å². The summed E-state index contributed by atoms with van der Waals surface area (Å²) in [4.78, 5) is 2.47. The summed E-state index contributed by atoms with van der Waals surface area (Å²) in [5.74, 6) is 0.891. The largest absolute Gasteiger partial charge is 0.496 e. The van der Waals surface area contributed by atoms with Crippen molar-refractivity contribution < 1.29 is 4.74 Å². The number of hydrogen-bond acceptors (Lipinski definition) is 4. The lowest BCUT2D eigenvalue weighted by Crippen LogP contribution is -2.10. The molecule has 0 saturated carbocycles. The number of ether oxygens (including phenoxy) is 1. The Morgan fingerprint density at radius 2 is 2.31 bits per heavy atom. The van der Waals surface area contributed by atoms with Crippen molar-refractivity contribution in [1.29, 1.82) is 0 Å². The van der Waals surface area contributed by atoms with Crippen LogP contribution in [0.2, 0.25) is 0 Å². The molecule has 2 N–H and O–H groups in total. The Morgan fingerprint density at radius 3 is 2.88 bits per heavy atom. The highest BCUT2D eigenvalue weighted by atomic mass is 79.9. The first-order valence-electron chi connectivity index (χ1n) is 4.81. The third kappa shape index (κ3) is 2.85. The van der Waals surface area contributed by atoms with E-state index in [1.165, 1.54) is 9.75 Å². The molecule has 0 bridgehead atoms.